The predicted molar refractivity (Wildman–Crippen MR) is 91.4 cm³/mol. The molecular formula is C12H6Br2Cl2N6. The summed E-state index contributed by atoms with van der Waals surface area (Å²) in [5.41, 5.74) is 1.56. The fraction of sp³-hybridized carbons (Fsp3) is 0. The van der Waals surface area contributed by atoms with Gasteiger partial charge >= 0.3 is 0 Å². The van der Waals surface area contributed by atoms with E-state index >= 15 is 0 Å². The van der Waals surface area contributed by atoms with Gasteiger partial charge in [-0.25, -0.2) is 19.0 Å². The summed E-state index contributed by atoms with van der Waals surface area (Å²) in [7, 11) is 0. The van der Waals surface area contributed by atoms with Crippen LogP contribution >= 0.6 is 55.1 Å². The highest BCUT2D eigenvalue weighted by Crippen LogP contribution is 2.14. The molecule has 4 aromatic rings. The van der Waals surface area contributed by atoms with Crippen molar-refractivity contribution in [3.63, 3.8) is 0 Å². The van der Waals surface area contributed by atoms with Crippen molar-refractivity contribution < 1.29 is 0 Å². The first-order valence-corrected chi connectivity index (χ1v) is 8.20. The van der Waals surface area contributed by atoms with Crippen LogP contribution in [0.1, 0.15) is 0 Å². The minimum absolute atomic E-state index is 0.455. The largest absolute Gasteiger partial charge is 0.234 e. The van der Waals surface area contributed by atoms with Crippen LogP contribution in [0.4, 0.5) is 0 Å². The fourth-order valence-corrected chi connectivity index (χ4v) is 2.65. The van der Waals surface area contributed by atoms with Crippen LogP contribution in [0, 0.1) is 0 Å². The van der Waals surface area contributed by atoms with Crippen molar-refractivity contribution in [2.75, 3.05) is 0 Å². The van der Waals surface area contributed by atoms with Crippen molar-refractivity contribution in [3.8, 4) is 0 Å². The molecule has 0 aliphatic heterocycles. The highest BCUT2D eigenvalue weighted by Gasteiger charge is 2.01. The van der Waals surface area contributed by atoms with Gasteiger partial charge in [0.1, 0.15) is 19.5 Å². The van der Waals surface area contributed by atoms with Crippen LogP contribution in [0.25, 0.3) is 11.3 Å². The van der Waals surface area contributed by atoms with Gasteiger partial charge in [-0.3, -0.25) is 0 Å². The molecule has 0 spiro atoms. The Balaban J connectivity index is 0.000000131. The van der Waals surface area contributed by atoms with Crippen molar-refractivity contribution in [2.24, 2.45) is 0 Å². The molecule has 0 aliphatic rings. The second-order valence-corrected chi connectivity index (χ2v) is 6.41. The Bertz CT molecular complexity index is 873. The molecule has 0 amide bonds. The predicted octanol–water partition coefficient (Wildman–Crippen LogP) is 4.29. The maximum Gasteiger partial charge on any atom is 0.154 e. The molecule has 0 saturated carbocycles. The second kappa shape index (κ2) is 6.49. The summed E-state index contributed by atoms with van der Waals surface area (Å²) in [5.74, 6) is 0. The molecule has 4 aromatic heterocycles. The van der Waals surface area contributed by atoms with E-state index in [1.807, 2.05) is 0 Å². The quantitative estimate of drug-likeness (QED) is 0.389. The number of fused-ring (bicyclic) bond motifs is 2. The number of halogens is 4. The summed E-state index contributed by atoms with van der Waals surface area (Å²) in [6, 6.07) is 7.02. The molecule has 4 rings (SSSR count). The first-order valence-electron chi connectivity index (χ1n) is 5.86. The van der Waals surface area contributed by atoms with Crippen LogP contribution in [-0.4, -0.2) is 29.2 Å². The Kier molecular flexibility index (Phi) is 4.62. The van der Waals surface area contributed by atoms with Gasteiger partial charge in [-0.15, -0.1) is 0 Å². The topological polar surface area (TPSA) is 60.4 Å². The van der Waals surface area contributed by atoms with Crippen LogP contribution in [0.3, 0.4) is 0 Å². The lowest BCUT2D eigenvalue weighted by atomic mass is 10.6. The Labute approximate surface area is 151 Å². The monoisotopic (exact) mass is 462 g/mol. The molecule has 0 bridgehead atoms. The van der Waals surface area contributed by atoms with Crippen LogP contribution in [0.2, 0.25) is 10.3 Å². The zero-order chi connectivity index (χ0) is 15.7. The van der Waals surface area contributed by atoms with Crippen molar-refractivity contribution >= 4 is 66.4 Å². The molecule has 0 aromatic carbocycles. The lowest BCUT2D eigenvalue weighted by molar-refractivity contribution is 0.916. The molecule has 0 radical (unpaired) electrons. The Morgan fingerprint density at radius 2 is 1.14 bits per heavy atom. The fourth-order valence-electron chi connectivity index (χ4n) is 1.65. The molecule has 0 aliphatic carbocycles. The third kappa shape index (κ3) is 3.24. The maximum absolute atomic E-state index is 5.67. The standard InChI is InChI=1S/2C6H3BrClN3/c2*7-4-3-9-6-2-1-5(8)10-11(4)6/h2*1-3H. The van der Waals surface area contributed by atoms with Gasteiger partial charge in [-0.05, 0) is 56.1 Å². The number of aromatic nitrogens is 6. The van der Waals surface area contributed by atoms with Gasteiger partial charge in [0.15, 0.2) is 11.3 Å². The molecule has 112 valence electrons. The molecule has 22 heavy (non-hydrogen) atoms. The average Bonchev–Trinajstić information content (AvgIpc) is 3.04. The van der Waals surface area contributed by atoms with Crippen LogP contribution in [0.15, 0.2) is 45.9 Å². The Morgan fingerprint density at radius 3 is 1.55 bits per heavy atom. The van der Waals surface area contributed by atoms with Gasteiger partial charge < -0.3 is 0 Å². The van der Waals surface area contributed by atoms with Gasteiger partial charge in [-0.2, -0.15) is 10.2 Å². The third-order valence-electron chi connectivity index (χ3n) is 2.58. The summed E-state index contributed by atoms with van der Waals surface area (Å²) < 4.78 is 4.86. The molecule has 6 nitrogen and oxygen atoms in total. The first-order chi connectivity index (χ1) is 10.5. The van der Waals surface area contributed by atoms with Gasteiger partial charge in [0.25, 0.3) is 0 Å². The Hall–Kier alpha value is -1.22. The van der Waals surface area contributed by atoms with Crippen molar-refractivity contribution in [1.29, 1.82) is 0 Å². The molecule has 0 saturated heterocycles. The molecular weight excluding hydrogens is 459 g/mol. The molecule has 0 unspecified atom stereocenters. The zero-order valence-corrected chi connectivity index (χ0v) is 15.3. The van der Waals surface area contributed by atoms with E-state index in [0.29, 0.717) is 10.3 Å². The normalized spacial score (nSPS) is 10.7. The van der Waals surface area contributed by atoms with Crippen molar-refractivity contribution in [3.05, 3.63) is 56.2 Å². The van der Waals surface area contributed by atoms with E-state index in [-0.39, 0.29) is 0 Å². The van der Waals surface area contributed by atoms with Crippen molar-refractivity contribution in [1.82, 2.24) is 29.2 Å². The van der Waals surface area contributed by atoms with Gasteiger partial charge in [-0.1, -0.05) is 23.2 Å². The smallest absolute Gasteiger partial charge is 0.154 e. The molecule has 4 heterocycles. The van der Waals surface area contributed by atoms with Crippen LogP contribution < -0.4 is 0 Å². The van der Waals surface area contributed by atoms with E-state index < -0.39 is 0 Å². The molecule has 0 fully saturated rings. The second-order valence-electron chi connectivity index (χ2n) is 4.01. The lowest BCUT2D eigenvalue weighted by Crippen LogP contribution is -1.90. The summed E-state index contributed by atoms with van der Waals surface area (Å²) in [4.78, 5) is 8.11. The average molecular weight is 465 g/mol. The third-order valence-corrected chi connectivity index (χ3v) is 4.06. The van der Waals surface area contributed by atoms with E-state index in [0.717, 1.165) is 20.5 Å². The lowest BCUT2D eigenvalue weighted by Gasteiger charge is -1.92. The SMILES string of the molecule is Clc1ccc2ncc(Br)n2n1.Clc1ccc2ncc(Br)n2n1. The summed E-state index contributed by atoms with van der Waals surface area (Å²) in [6.45, 7) is 0. The van der Waals surface area contributed by atoms with Gasteiger partial charge in [0.05, 0.1) is 12.4 Å². The number of hydrogen-bond donors (Lipinski definition) is 0. The van der Waals surface area contributed by atoms with Crippen LogP contribution in [-0.2, 0) is 0 Å². The molecule has 0 N–H and O–H groups in total. The van der Waals surface area contributed by atoms with E-state index in [1.54, 1.807) is 45.7 Å². The van der Waals surface area contributed by atoms with E-state index in [9.17, 15) is 0 Å². The highest BCUT2D eigenvalue weighted by molar-refractivity contribution is 9.10. The van der Waals surface area contributed by atoms with E-state index in [4.69, 9.17) is 23.2 Å². The summed E-state index contributed by atoms with van der Waals surface area (Å²) in [5, 5.41) is 8.93. The zero-order valence-electron chi connectivity index (χ0n) is 10.7. The van der Waals surface area contributed by atoms with Gasteiger partial charge in [0, 0.05) is 0 Å². The highest BCUT2D eigenvalue weighted by atomic mass is 79.9. The molecule has 0 atom stereocenters. The minimum atomic E-state index is 0.455. The number of nitrogens with zero attached hydrogens (tertiary/aromatic N) is 6. The summed E-state index contributed by atoms with van der Waals surface area (Å²) in [6.07, 6.45) is 3.36. The minimum Gasteiger partial charge on any atom is -0.234 e. The first kappa shape index (κ1) is 15.7. The van der Waals surface area contributed by atoms with Crippen molar-refractivity contribution in [2.45, 2.75) is 0 Å². The number of hydrogen-bond acceptors (Lipinski definition) is 4. The van der Waals surface area contributed by atoms with Crippen LogP contribution in [0.5, 0.6) is 0 Å². The number of imidazole rings is 2. The number of rotatable bonds is 0. The van der Waals surface area contributed by atoms with Gasteiger partial charge in [0.2, 0.25) is 0 Å². The van der Waals surface area contributed by atoms with E-state index in [2.05, 4.69) is 52.0 Å². The maximum atomic E-state index is 5.67. The molecule has 10 heteroatoms. The Morgan fingerprint density at radius 1 is 0.727 bits per heavy atom. The van der Waals surface area contributed by atoms with E-state index in [1.165, 1.54) is 0 Å². The summed E-state index contributed by atoms with van der Waals surface area (Å²) >= 11 is 17.9.